The Morgan fingerprint density at radius 3 is 2.75 bits per heavy atom. The zero-order chi connectivity index (χ0) is 31.3. The maximum absolute atomic E-state index is 13.4. The molecular formula is C34H43ClN2O6S. The Labute approximate surface area is 265 Å². The Hall–Kier alpha value is -2.59. The van der Waals surface area contributed by atoms with Crippen molar-refractivity contribution in [1.29, 1.82) is 0 Å². The highest BCUT2D eigenvalue weighted by Gasteiger charge is 2.48. The molecule has 238 valence electrons. The van der Waals surface area contributed by atoms with Gasteiger partial charge in [-0.1, -0.05) is 36.7 Å². The van der Waals surface area contributed by atoms with Gasteiger partial charge in [0.05, 0.1) is 24.2 Å². The van der Waals surface area contributed by atoms with E-state index in [1.165, 1.54) is 11.1 Å². The number of rotatable bonds is 2. The van der Waals surface area contributed by atoms with Crippen LogP contribution in [0.5, 0.6) is 5.75 Å². The monoisotopic (exact) mass is 642 g/mol. The molecule has 0 saturated heterocycles. The molecule has 1 spiro atoms. The number of hydrogen-bond acceptors (Lipinski definition) is 7. The molecule has 6 rings (SSSR count). The molecule has 2 heterocycles. The van der Waals surface area contributed by atoms with E-state index in [9.17, 15) is 18.3 Å². The number of anilines is 1. The molecule has 2 bridgehead atoms. The van der Waals surface area contributed by atoms with Crippen LogP contribution in [0.3, 0.4) is 0 Å². The van der Waals surface area contributed by atoms with Crippen LogP contribution in [0.1, 0.15) is 67.4 Å². The van der Waals surface area contributed by atoms with Gasteiger partial charge in [0.2, 0.25) is 10.0 Å². The number of carbonyl (C=O) groups excluding carboxylic acids is 1. The van der Waals surface area contributed by atoms with Gasteiger partial charge in [0.1, 0.15) is 11.4 Å². The smallest absolute Gasteiger partial charge is 0.264 e. The van der Waals surface area contributed by atoms with Crippen LogP contribution in [0, 0.1) is 17.8 Å². The predicted octanol–water partition coefficient (Wildman–Crippen LogP) is 5.26. The van der Waals surface area contributed by atoms with Crippen LogP contribution < -0.4 is 14.4 Å². The number of ether oxygens (including phenoxy) is 2. The van der Waals surface area contributed by atoms with Crippen LogP contribution >= 0.6 is 11.6 Å². The Balaban J connectivity index is 1.45. The van der Waals surface area contributed by atoms with E-state index in [4.69, 9.17) is 21.1 Å². The van der Waals surface area contributed by atoms with Gasteiger partial charge in [-0.2, -0.15) is 0 Å². The van der Waals surface area contributed by atoms with E-state index in [0.717, 1.165) is 42.8 Å². The number of fused-ring (bicyclic) bond motifs is 4. The minimum atomic E-state index is -3.96. The summed E-state index contributed by atoms with van der Waals surface area (Å²) in [7, 11) is -2.36. The second-order valence-electron chi connectivity index (χ2n) is 13.5. The molecule has 2 aromatic rings. The number of methoxy groups -OCH3 is 1. The van der Waals surface area contributed by atoms with E-state index in [0.29, 0.717) is 31.9 Å². The standard InChI is InChI=1S/C34H43ClN2O6S/c1-22-6-4-15-34(39,21-42-3)29-11-8-26(29)18-37-19-33(14-5-7-24-16-27(35)10-12-28(24)33)20-43-31-13-9-25(17-30(31)37)32(38)36-44(40,41)23(22)2/h4,9-10,12-13,15-17,22-23,26,29,39H,5-8,11,14,18-21H2,1-3H3,(H,36,38)/b15-4+/t22-,23+,26-,29+,33-,34+/m0/s1. The summed E-state index contributed by atoms with van der Waals surface area (Å²) in [4.78, 5) is 15.7. The summed E-state index contributed by atoms with van der Waals surface area (Å²) >= 11 is 6.41. The fourth-order valence-corrected chi connectivity index (χ4v) is 9.24. The fraction of sp³-hybridized carbons (Fsp3) is 0.559. The summed E-state index contributed by atoms with van der Waals surface area (Å²) in [6.45, 7) is 5.41. The lowest BCUT2D eigenvalue weighted by molar-refractivity contribution is -0.0863. The van der Waals surface area contributed by atoms with Gasteiger partial charge in [0.15, 0.2) is 0 Å². The van der Waals surface area contributed by atoms with Crippen LogP contribution in [-0.4, -0.2) is 63.7 Å². The van der Waals surface area contributed by atoms with Gasteiger partial charge in [-0.3, -0.25) is 4.79 Å². The Kier molecular flexibility index (Phi) is 8.54. The zero-order valence-corrected chi connectivity index (χ0v) is 27.3. The first-order valence-electron chi connectivity index (χ1n) is 15.7. The molecule has 0 unspecified atom stereocenters. The maximum Gasteiger partial charge on any atom is 0.264 e. The number of sulfonamides is 1. The molecule has 2 aliphatic heterocycles. The molecule has 2 aromatic carbocycles. The summed E-state index contributed by atoms with van der Waals surface area (Å²) < 4.78 is 40.9. The van der Waals surface area contributed by atoms with Gasteiger partial charge >= 0.3 is 0 Å². The third-order valence-corrected chi connectivity index (χ3v) is 12.8. The zero-order valence-electron chi connectivity index (χ0n) is 25.7. The van der Waals surface area contributed by atoms with Crippen molar-refractivity contribution in [2.24, 2.45) is 17.8 Å². The SMILES string of the molecule is COC[C@]1(O)/C=C/C[C@H](C)[C@@H](C)S(=O)(=O)NC(=O)c2ccc3c(c2)N(C[C@@H]2CC[C@H]21)C[C@@]1(CCCc2cc(Cl)ccc21)CO3. The summed E-state index contributed by atoms with van der Waals surface area (Å²) in [6.07, 6.45) is 8.86. The molecule has 1 saturated carbocycles. The van der Waals surface area contributed by atoms with E-state index < -0.39 is 26.8 Å². The minimum absolute atomic E-state index is 0.0319. The van der Waals surface area contributed by atoms with E-state index >= 15 is 0 Å². The van der Waals surface area contributed by atoms with Crippen LogP contribution in [0.15, 0.2) is 48.6 Å². The second kappa shape index (κ2) is 12.0. The van der Waals surface area contributed by atoms with Crippen molar-refractivity contribution in [3.05, 3.63) is 70.3 Å². The van der Waals surface area contributed by atoms with Crippen molar-refractivity contribution >= 4 is 33.2 Å². The molecule has 1 amide bonds. The largest absolute Gasteiger partial charge is 0.490 e. The van der Waals surface area contributed by atoms with Crippen LogP contribution in [0.25, 0.3) is 0 Å². The van der Waals surface area contributed by atoms with Crippen molar-refractivity contribution in [2.45, 2.75) is 68.6 Å². The highest BCUT2D eigenvalue weighted by atomic mass is 35.5. The van der Waals surface area contributed by atoms with Gasteiger partial charge in [-0.15, -0.1) is 0 Å². The lowest BCUT2D eigenvalue weighted by Gasteiger charge is -2.49. The van der Waals surface area contributed by atoms with Gasteiger partial charge < -0.3 is 19.5 Å². The van der Waals surface area contributed by atoms with E-state index in [2.05, 4.69) is 21.8 Å². The number of amides is 1. The summed E-state index contributed by atoms with van der Waals surface area (Å²) in [5.41, 5.74) is 2.03. The van der Waals surface area contributed by atoms with E-state index in [1.54, 1.807) is 32.2 Å². The number of aryl methyl sites for hydroxylation is 1. The molecule has 10 heteroatoms. The Morgan fingerprint density at radius 2 is 2.00 bits per heavy atom. The van der Waals surface area contributed by atoms with Gasteiger partial charge in [-0.05, 0) is 105 Å². The average molecular weight is 643 g/mol. The number of aliphatic hydroxyl groups is 1. The predicted molar refractivity (Wildman–Crippen MR) is 172 cm³/mol. The topological polar surface area (TPSA) is 105 Å². The van der Waals surface area contributed by atoms with Crippen molar-refractivity contribution in [3.63, 3.8) is 0 Å². The second-order valence-corrected chi connectivity index (χ2v) is 15.9. The van der Waals surface area contributed by atoms with Gasteiger partial charge in [0, 0.05) is 36.2 Å². The number of benzene rings is 2. The molecule has 2 N–H and O–H groups in total. The molecule has 0 aromatic heterocycles. The van der Waals surface area contributed by atoms with Crippen molar-refractivity contribution in [1.82, 2.24) is 4.72 Å². The lowest BCUT2D eigenvalue weighted by Crippen LogP contribution is -2.54. The molecular weight excluding hydrogens is 600 g/mol. The summed E-state index contributed by atoms with van der Waals surface area (Å²) in [6, 6.07) is 11.3. The quantitative estimate of drug-likeness (QED) is 0.431. The average Bonchev–Trinajstić information content (AvgIpc) is 3.11. The van der Waals surface area contributed by atoms with Crippen molar-refractivity contribution in [3.8, 4) is 5.75 Å². The highest BCUT2D eigenvalue weighted by Crippen LogP contribution is 2.48. The van der Waals surface area contributed by atoms with Gasteiger partial charge in [-0.25, -0.2) is 13.1 Å². The first-order chi connectivity index (χ1) is 20.9. The molecule has 6 atom stereocenters. The minimum Gasteiger partial charge on any atom is -0.490 e. The third kappa shape index (κ3) is 5.77. The fourth-order valence-electron chi connectivity index (χ4n) is 7.76. The first-order valence-corrected chi connectivity index (χ1v) is 17.6. The van der Waals surface area contributed by atoms with Crippen molar-refractivity contribution < 1.29 is 27.8 Å². The normalized spacial score (nSPS) is 34.0. The number of nitrogens with zero attached hydrogens (tertiary/aromatic N) is 1. The number of carbonyl (C=O) groups is 1. The molecule has 0 radical (unpaired) electrons. The van der Waals surface area contributed by atoms with Crippen molar-refractivity contribution in [2.75, 3.05) is 38.3 Å². The molecule has 4 aliphatic rings. The van der Waals surface area contributed by atoms with Crippen LogP contribution in [-0.2, 0) is 26.6 Å². The first kappa shape index (κ1) is 31.4. The maximum atomic E-state index is 13.4. The summed E-state index contributed by atoms with van der Waals surface area (Å²) in [5.74, 6) is -0.127. The number of halogens is 1. The van der Waals surface area contributed by atoms with E-state index in [-0.39, 0.29) is 35.3 Å². The number of allylic oxidation sites excluding steroid dienone is 1. The Morgan fingerprint density at radius 1 is 1.18 bits per heavy atom. The van der Waals surface area contributed by atoms with E-state index in [1.807, 2.05) is 25.1 Å². The number of hydrogen-bond donors (Lipinski definition) is 2. The van der Waals surface area contributed by atoms with Crippen LogP contribution in [0.4, 0.5) is 5.69 Å². The highest BCUT2D eigenvalue weighted by molar-refractivity contribution is 7.90. The van der Waals surface area contributed by atoms with Gasteiger partial charge in [0.25, 0.3) is 5.91 Å². The molecule has 8 nitrogen and oxygen atoms in total. The number of nitrogens with one attached hydrogen (secondary N) is 1. The third-order valence-electron chi connectivity index (χ3n) is 10.6. The lowest BCUT2D eigenvalue weighted by atomic mass is 9.64. The molecule has 44 heavy (non-hydrogen) atoms. The molecule has 2 aliphatic carbocycles. The summed E-state index contributed by atoms with van der Waals surface area (Å²) in [5, 5.41) is 11.8. The molecule has 1 fully saturated rings. The Bertz CT molecular complexity index is 1560. The van der Waals surface area contributed by atoms with Crippen LogP contribution in [0.2, 0.25) is 5.02 Å².